The summed E-state index contributed by atoms with van der Waals surface area (Å²) < 4.78 is 0. The lowest BCUT2D eigenvalue weighted by Gasteiger charge is -2.35. The van der Waals surface area contributed by atoms with E-state index in [1.807, 2.05) is 0 Å². The van der Waals surface area contributed by atoms with Crippen molar-refractivity contribution in [3.05, 3.63) is 12.8 Å². The monoisotopic (exact) mass is 166 g/mol. The second kappa shape index (κ2) is 3.59. The maximum Gasteiger partial charge on any atom is 0.0837 e. The van der Waals surface area contributed by atoms with Gasteiger partial charge >= 0.3 is 0 Å². The van der Waals surface area contributed by atoms with Crippen LogP contribution in [0.15, 0.2) is 12.8 Å². The predicted molar refractivity (Wildman–Crippen MR) is 46.1 cm³/mol. The number of likely N-dealkylation sites (tertiary alicyclic amines) is 1. The van der Waals surface area contributed by atoms with E-state index in [2.05, 4.69) is 17.5 Å². The largest absolute Gasteiger partial charge is 0.395 e. The molecule has 1 saturated heterocycles. The fourth-order valence-electron chi connectivity index (χ4n) is 1.44. The van der Waals surface area contributed by atoms with Gasteiger partial charge in [-0.15, -0.1) is 0 Å². The summed E-state index contributed by atoms with van der Waals surface area (Å²) in [5.41, 5.74) is -0.487. The van der Waals surface area contributed by atoms with Gasteiger partial charge in [0.15, 0.2) is 0 Å². The zero-order valence-electron chi connectivity index (χ0n) is 7.16. The standard InChI is InChI=1S/C9H14N2O/c1-2-11-5-3-9(7-10,8-12)4-6-11/h2,12H,1,3-6,8H2. The highest BCUT2D eigenvalue weighted by Gasteiger charge is 2.33. The highest BCUT2D eigenvalue weighted by atomic mass is 16.3. The number of hydrogen-bond acceptors (Lipinski definition) is 3. The Morgan fingerprint density at radius 2 is 2.17 bits per heavy atom. The average Bonchev–Trinajstić information content (AvgIpc) is 2.18. The minimum absolute atomic E-state index is 0.0194. The van der Waals surface area contributed by atoms with Crippen LogP contribution in [0.3, 0.4) is 0 Å². The third-order valence-electron chi connectivity index (χ3n) is 2.55. The van der Waals surface area contributed by atoms with Gasteiger partial charge in [0, 0.05) is 13.1 Å². The van der Waals surface area contributed by atoms with Crippen molar-refractivity contribution in [2.24, 2.45) is 5.41 Å². The van der Waals surface area contributed by atoms with E-state index in [0.717, 1.165) is 25.9 Å². The third kappa shape index (κ3) is 1.59. The molecule has 1 N–H and O–H groups in total. The van der Waals surface area contributed by atoms with Crippen molar-refractivity contribution < 1.29 is 5.11 Å². The van der Waals surface area contributed by atoms with Gasteiger partial charge in [0.05, 0.1) is 18.1 Å². The van der Waals surface area contributed by atoms with Gasteiger partial charge < -0.3 is 10.0 Å². The average molecular weight is 166 g/mol. The molecule has 0 spiro atoms. The van der Waals surface area contributed by atoms with Gasteiger partial charge in [-0.25, -0.2) is 0 Å². The number of aliphatic hydroxyl groups is 1. The van der Waals surface area contributed by atoms with Gasteiger partial charge in [-0.05, 0) is 19.0 Å². The topological polar surface area (TPSA) is 47.3 Å². The number of piperidine rings is 1. The van der Waals surface area contributed by atoms with Crippen molar-refractivity contribution in [2.45, 2.75) is 12.8 Å². The van der Waals surface area contributed by atoms with Gasteiger partial charge in [-0.3, -0.25) is 0 Å². The number of rotatable bonds is 2. The molecule has 0 aromatic carbocycles. The van der Waals surface area contributed by atoms with Crippen LogP contribution in [-0.4, -0.2) is 29.7 Å². The van der Waals surface area contributed by atoms with Crippen molar-refractivity contribution in [3.63, 3.8) is 0 Å². The first-order valence-electron chi connectivity index (χ1n) is 4.15. The van der Waals surface area contributed by atoms with E-state index in [-0.39, 0.29) is 6.61 Å². The summed E-state index contributed by atoms with van der Waals surface area (Å²) in [6.07, 6.45) is 3.27. The summed E-state index contributed by atoms with van der Waals surface area (Å²) in [5.74, 6) is 0. The molecule has 0 aliphatic carbocycles. The van der Waals surface area contributed by atoms with E-state index in [0.29, 0.717) is 0 Å². The lowest BCUT2D eigenvalue weighted by molar-refractivity contribution is 0.106. The van der Waals surface area contributed by atoms with Crippen molar-refractivity contribution in [3.8, 4) is 6.07 Å². The molecule has 66 valence electrons. The summed E-state index contributed by atoms with van der Waals surface area (Å²) in [4.78, 5) is 2.07. The van der Waals surface area contributed by atoms with Crippen molar-refractivity contribution in [2.75, 3.05) is 19.7 Å². The minimum atomic E-state index is -0.487. The van der Waals surface area contributed by atoms with Crippen LogP contribution in [-0.2, 0) is 0 Å². The van der Waals surface area contributed by atoms with Crippen LogP contribution in [0.5, 0.6) is 0 Å². The summed E-state index contributed by atoms with van der Waals surface area (Å²) in [6.45, 7) is 5.31. The molecule has 0 aromatic heterocycles. The first-order valence-corrected chi connectivity index (χ1v) is 4.15. The second-order valence-electron chi connectivity index (χ2n) is 3.27. The molecule has 0 unspecified atom stereocenters. The van der Waals surface area contributed by atoms with Gasteiger partial charge in [-0.1, -0.05) is 6.58 Å². The Hall–Kier alpha value is -1.01. The van der Waals surface area contributed by atoms with Crippen LogP contribution in [0.25, 0.3) is 0 Å². The SMILES string of the molecule is C=CN1CCC(C#N)(CO)CC1. The smallest absolute Gasteiger partial charge is 0.0837 e. The summed E-state index contributed by atoms with van der Waals surface area (Å²) in [6, 6.07) is 2.20. The van der Waals surface area contributed by atoms with Crippen molar-refractivity contribution in [1.29, 1.82) is 5.26 Å². The minimum Gasteiger partial charge on any atom is -0.395 e. The second-order valence-corrected chi connectivity index (χ2v) is 3.27. The van der Waals surface area contributed by atoms with Crippen LogP contribution in [0.2, 0.25) is 0 Å². The lowest BCUT2D eigenvalue weighted by atomic mass is 9.81. The molecular formula is C9H14N2O. The fraction of sp³-hybridized carbons (Fsp3) is 0.667. The molecule has 0 bridgehead atoms. The zero-order valence-corrected chi connectivity index (χ0v) is 7.16. The quantitative estimate of drug-likeness (QED) is 0.657. The van der Waals surface area contributed by atoms with Gasteiger partial charge in [-0.2, -0.15) is 5.26 Å². The molecule has 0 saturated carbocycles. The highest BCUT2D eigenvalue weighted by molar-refractivity contribution is 5.02. The molecule has 1 aliphatic rings. The molecular weight excluding hydrogens is 152 g/mol. The number of nitriles is 1. The van der Waals surface area contributed by atoms with E-state index in [1.165, 1.54) is 0 Å². The van der Waals surface area contributed by atoms with Crippen LogP contribution in [0.1, 0.15) is 12.8 Å². The van der Waals surface area contributed by atoms with Crippen LogP contribution >= 0.6 is 0 Å². The molecule has 1 rings (SSSR count). The van der Waals surface area contributed by atoms with Gasteiger partial charge in [0.1, 0.15) is 0 Å². The molecule has 0 atom stereocenters. The van der Waals surface area contributed by atoms with E-state index >= 15 is 0 Å². The highest BCUT2D eigenvalue weighted by Crippen LogP contribution is 2.29. The maximum atomic E-state index is 9.03. The van der Waals surface area contributed by atoms with E-state index in [1.54, 1.807) is 6.20 Å². The normalized spacial score (nSPS) is 21.5. The van der Waals surface area contributed by atoms with Crippen molar-refractivity contribution >= 4 is 0 Å². The fourth-order valence-corrected chi connectivity index (χ4v) is 1.44. The molecule has 1 fully saturated rings. The Bertz CT molecular complexity index is 199. The van der Waals surface area contributed by atoms with Crippen LogP contribution < -0.4 is 0 Å². The van der Waals surface area contributed by atoms with Gasteiger partial charge in [0.2, 0.25) is 0 Å². The Kier molecular flexibility index (Phi) is 2.72. The number of aliphatic hydroxyl groups excluding tert-OH is 1. The molecule has 0 aromatic rings. The van der Waals surface area contributed by atoms with E-state index < -0.39 is 5.41 Å². The van der Waals surface area contributed by atoms with E-state index in [4.69, 9.17) is 10.4 Å². The Labute approximate surface area is 72.9 Å². The zero-order chi connectivity index (χ0) is 9.03. The third-order valence-corrected chi connectivity index (χ3v) is 2.55. The Morgan fingerprint density at radius 3 is 2.50 bits per heavy atom. The maximum absolute atomic E-state index is 9.03. The number of nitrogens with zero attached hydrogens (tertiary/aromatic N) is 2. The van der Waals surface area contributed by atoms with Crippen LogP contribution in [0.4, 0.5) is 0 Å². The summed E-state index contributed by atoms with van der Waals surface area (Å²) >= 11 is 0. The predicted octanol–water partition coefficient (Wildman–Crippen LogP) is 0.728. The molecule has 0 radical (unpaired) electrons. The van der Waals surface area contributed by atoms with Gasteiger partial charge in [0.25, 0.3) is 0 Å². The summed E-state index contributed by atoms with van der Waals surface area (Å²) in [5, 5.41) is 17.9. The Balaban J connectivity index is 2.54. The molecule has 3 heteroatoms. The molecule has 12 heavy (non-hydrogen) atoms. The van der Waals surface area contributed by atoms with E-state index in [9.17, 15) is 0 Å². The Morgan fingerprint density at radius 1 is 1.58 bits per heavy atom. The number of hydrogen-bond donors (Lipinski definition) is 1. The van der Waals surface area contributed by atoms with Crippen LogP contribution in [0, 0.1) is 16.7 Å². The molecule has 3 nitrogen and oxygen atoms in total. The molecule has 1 heterocycles. The first-order chi connectivity index (χ1) is 5.76. The lowest BCUT2D eigenvalue weighted by Crippen LogP contribution is -2.38. The molecule has 0 amide bonds. The summed E-state index contributed by atoms with van der Waals surface area (Å²) in [7, 11) is 0. The first kappa shape index (κ1) is 9.08. The molecule has 1 aliphatic heterocycles. The van der Waals surface area contributed by atoms with Crippen molar-refractivity contribution in [1.82, 2.24) is 4.90 Å².